The highest BCUT2D eigenvalue weighted by atomic mass is 31.2. The minimum atomic E-state index is -3.97. The third-order valence-corrected chi connectivity index (χ3v) is 6.87. The van der Waals surface area contributed by atoms with E-state index in [1.165, 1.54) is 0 Å². The van der Waals surface area contributed by atoms with Gasteiger partial charge in [-0.1, -0.05) is 26.2 Å². The predicted octanol–water partition coefficient (Wildman–Crippen LogP) is 3.47. The standard InChI is InChI=1S/C18H35N2O6P/c1-3-4-5-8-14-27(24,25)26-16(11-6-7-12-19)17(21)20(18(22)23)13-9-10-15(20)2/h15-16H,3-14,19H2,1-2H3,(H-,22,23,24,25)/p+1/t15?,16?,20-/m0/s1. The van der Waals surface area contributed by atoms with Crippen LogP contribution >= 0.6 is 7.60 Å². The number of carbonyl (C=O) groups is 2. The van der Waals surface area contributed by atoms with E-state index in [9.17, 15) is 24.2 Å². The molecule has 0 aromatic rings. The molecule has 0 spiro atoms. The summed E-state index contributed by atoms with van der Waals surface area (Å²) in [5.74, 6) is -0.618. The third kappa shape index (κ3) is 6.64. The molecule has 1 heterocycles. The first-order valence-electron chi connectivity index (χ1n) is 10.1. The average molecular weight is 407 g/mol. The normalized spacial score (nSPS) is 25.9. The maximum Gasteiger partial charge on any atom is 0.521 e. The molecule has 0 aromatic heterocycles. The van der Waals surface area contributed by atoms with Gasteiger partial charge in [-0.2, -0.15) is 9.28 Å². The van der Waals surface area contributed by atoms with Gasteiger partial charge in [-0.3, -0.25) is 9.09 Å². The lowest BCUT2D eigenvalue weighted by Crippen LogP contribution is -2.62. The molecule has 0 saturated carbocycles. The Labute approximate surface area is 162 Å². The van der Waals surface area contributed by atoms with Crippen LogP contribution in [0.15, 0.2) is 0 Å². The van der Waals surface area contributed by atoms with Crippen LogP contribution in [-0.4, -0.2) is 57.9 Å². The number of unbranched alkanes of at least 4 members (excludes halogenated alkanes) is 4. The van der Waals surface area contributed by atoms with Gasteiger partial charge >= 0.3 is 19.6 Å². The van der Waals surface area contributed by atoms with E-state index in [-0.39, 0.29) is 25.2 Å². The first-order chi connectivity index (χ1) is 12.7. The second-order valence-electron chi connectivity index (χ2n) is 7.50. The molecule has 2 amide bonds. The Morgan fingerprint density at radius 3 is 2.48 bits per heavy atom. The summed E-state index contributed by atoms with van der Waals surface area (Å²) in [6.45, 7) is 4.41. The molecule has 27 heavy (non-hydrogen) atoms. The lowest BCUT2D eigenvalue weighted by Gasteiger charge is -2.33. The zero-order valence-electron chi connectivity index (χ0n) is 16.6. The van der Waals surface area contributed by atoms with Crippen molar-refractivity contribution < 1.29 is 33.2 Å². The summed E-state index contributed by atoms with van der Waals surface area (Å²) in [5, 5.41) is 9.77. The van der Waals surface area contributed by atoms with E-state index in [0.717, 1.165) is 19.3 Å². The first-order valence-corrected chi connectivity index (χ1v) is 11.8. The summed E-state index contributed by atoms with van der Waals surface area (Å²) in [7, 11) is -3.97. The number of imide groups is 1. The van der Waals surface area contributed by atoms with Gasteiger partial charge in [0.05, 0.1) is 12.7 Å². The van der Waals surface area contributed by atoms with Gasteiger partial charge in [-0.15, -0.1) is 0 Å². The molecule has 8 nitrogen and oxygen atoms in total. The number of carbonyl (C=O) groups excluding carboxylic acids is 1. The maximum atomic E-state index is 13.2. The Bertz CT molecular complexity index is 544. The monoisotopic (exact) mass is 407 g/mol. The van der Waals surface area contributed by atoms with Crippen LogP contribution in [0.25, 0.3) is 0 Å². The second-order valence-corrected chi connectivity index (χ2v) is 9.44. The highest BCUT2D eigenvalue weighted by molar-refractivity contribution is 7.52. The fourth-order valence-electron chi connectivity index (χ4n) is 3.72. The largest absolute Gasteiger partial charge is 0.521 e. The van der Waals surface area contributed by atoms with Crippen LogP contribution < -0.4 is 5.73 Å². The molecule has 4 N–H and O–H groups in total. The van der Waals surface area contributed by atoms with Crippen LogP contribution in [0.4, 0.5) is 4.79 Å². The molecule has 4 atom stereocenters. The maximum absolute atomic E-state index is 13.2. The summed E-state index contributed by atoms with van der Waals surface area (Å²) < 4.78 is 17.2. The van der Waals surface area contributed by atoms with Crippen molar-refractivity contribution in [3.8, 4) is 0 Å². The number of quaternary nitrogens is 1. The minimum Gasteiger partial charge on any atom is -0.435 e. The van der Waals surface area contributed by atoms with Crippen molar-refractivity contribution in [1.82, 2.24) is 0 Å². The average Bonchev–Trinajstić information content (AvgIpc) is 3.00. The molecule has 9 heteroatoms. The number of likely N-dealkylation sites (tertiary alicyclic amines) is 1. The van der Waals surface area contributed by atoms with Crippen molar-refractivity contribution in [2.75, 3.05) is 19.3 Å². The van der Waals surface area contributed by atoms with Crippen molar-refractivity contribution >= 4 is 19.6 Å². The zero-order chi connectivity index (χ0) is 20.5. The van der Waals surface area contributed by atoms with Gasteiger partial charge < -0.3 is 15.7 Å². The summed E-state index contributed by atoms with van der Waals surface area (Å²) in [4.78, 5) is 35.4. The summed E-state index contributed by atoms with van der Waals surface area (Å²) in [6.07, 6.45) is 3.54. The van der Waals surface area contributed by atoms with Crippen LogP contribution in [-0.2, 0) is 13.9 Å². The van der Waals surface area contributed by atoms with E-state index >= 15 is 0 Å². The van der Waals surface area contributed by atoms with Crippen LogP contribution in [0.5, 0.6) is 0 Å². The van der Waals surface area contributed by atoms with Gasteiger partial charge in [-0.25, -0.2) is 4.79 Å². The minimum absolute atomic E-state index is 0.0176. The summed E-state index contributed by atoms with van der Waals surface area (Å²) in [5.41, 5.74) is 5.50. The number of nitrogens with zero attached hydrogens (tertiary/aromatic N) is 1. The zero-order valence-corrected chi connectivity index (χ0v) is 17.5. The molecular formula is C18H36N2O6P+. The Balaban J connectivity index is 2.93. The lowest BCUT2D eigenvalue weighted by molar-refractivity contribution is -0.794. The highest BCUT2D eigenvalue weighted by Gasteiger charge is 2.56. The molecule has 0 aliphatic carbocycles. The van der Waals surface area contributed by atoms with Crippen LogP contribution in [0.2, 0.25) is 0 Å². The number of amides is 2. The van der Waals surface area contributed by atoms with Gasteiger partial charge in [-0.05, 0) is 39.2 Å². The molecule has 0 aromatic carbocycles. The van der Waals surface area contributed by atoms with Gasteiger partial charge in [0, 0.05) is 12.8 Å². The molecule has 3 unspecified atom stereocenters. The van der Waals surface area contributed by atoms with E-state index in [1.54, 1.807) is 6.92 Å². The van der Waals surface area contributed by atoms with E-state index in [0.29, 0.717) is 38.6 Å². The van der Waals surface area contributed by atoms with Crippen molar-refractivity contribution in [1.29, 1.82) is 0 Å². The summed E-state index contributed by atoms with van der Waals surface area (Å²) >= 11 is 0. The van der Waals surface area contributed by atoms with E-state index in [4.69, 9.17) is 10.3 Å². The van der Waals surface area contributed by atoms with Crippen molar-refractivity contribution in [3.63, 3.8) is 0 Å². The van der Waals surface area contributed by atoms with E-state index < -0.39 is 30.2 Å². The molecular weight excluding hydrogens is 371 g/mol. The third-order valence-electron chi connectivity index (χ3n) is 5.40. The van der Waals surface area contributed by atoms with Crippen LogP contribution in [0.3, 0.4) is 0 Å². The van der Waals surface area contributed by atoms with Gasteiger partial charge in [0.25, 0.3) is 0 Å². The van der Waals surface area contributed by atoms with Crippen molar-refractivity contribution in [2.24, 2.45) is 5.73 Å². The van der Waals surface area contributed by atoms with Gasteiger partial charge in [0.15, 0.2) is 6.10 Å². The number of carboxylic acid groups (broad SMARTS) is 1. The quantitative estimate of drug-likeness (QED) is 0.257. The number of nitrogens with two attached hydrogens (primary N) is 1. The topological polar surface area (TPSA) is 127 Å². The van der Waals surface area contributed by atoms with E-state index in [1.807, 2.05) is 6.92 Å². The van der Waals surface area contributed by atoms with Crippen LogP contribution in [0, 0.1) is 0 Å². The first kappa shape index (κ1) is 24.2. The van der Waals surface area contributed by atoms with Crippen LogP contribution in [0.1, 0.15) is 71.6 Å². The highest BCUT2D eigenvalue weighted by Crippen LogP contribution is 2.46. The Kier molecular flexibility index (Phi) is 10.1. The van der Waals surface area contributed by atoms with E-state index in [2.05, 4.69) is 0 Å². The molecule has 0 radical (unpaired) electrons. The second kappa shape index (κ2) is 11.3. The van der Waals surface area contributed by atoms with Gasteiger partial charge in [0.2, 0.25) is 0 Å². The number of rotatable bonds is 12. The lowest BCUT2D eigenvalue weighted by atomic mass is 10.1. The number of hydrogen-bond donors (Lipinski definition) is 3. The number of hydrogen-bond acceptors (Lipinski definition) is 5. The Morgan fingerprint density at radius 1 is 1.26 bits per heavy atom. The van der Waals surface area contributed by atoms with Crippen molar-refractivity contribution in [2.45, 2.75) is 83.8 Å². The molecule has 1 aliphatic rings. The molecule has 1 fully saturated rings. The Hall–Kier alpha value is -0.790. The molecule has 0 bridgehead atoms. The fraction of sp³-hybridized carbons (Fsp3) is 0.889. The molecule has 158 valence electrons. The smallest absolute Gasteiger partial charge is 0.435 e. The molecule has 1 rings (SSSR count). The molecule has 1 aliphatic heterocycles. The Morgan fingerprint density at radius 2 is 1.96 bits per heavy atom. The SMILES string of the molecule is CCCCCCP(=O)(O)OC(CCCCN)C(=O)[N@+]1(C(=O)O)CCCC1C. The summed E-state index contributed by atoms with van der Waals surface area (Å²) in [6, 6.07) is -0.377. The predicted molar refractivity (Wildman–Crippen MR) is 103 cm³/mol. The van der Waals surface area contributed by atoms with Gasteiger partial charge in [0.1, 0.15) is 6.04 Å². The fourth-order valence-corrected chi connectivity index (χ4v) is 5.05. The molecule has 1 saturated heterocycles. The van der Waals surface area contributed by atoms with Crippen molar-refractivity contribution in [3.05, 3.63) is 0 Å².